The first kappa shape index (κ1) is 19.8. The van der Waals surface area contributed by atoms with Gasteiger partial charge in [0.1, 0.15) is 5.75 Å². The molecule has 2 N–H and O–H groups in total. The van der Waals surface area contributed by atoms with Crippen molar-refractivity contribution >= 4 is 49.7 Å². The maximum absolute atomic E-state index is 12.8. The maximum Gasteiger partial charge on any atom is 0.197 e. The second kappa shape index (κ2) is 8.51. The molecule has 0 unspecified atom stereocenters. The first-order valence-electron chi connectivity index (χ1n) is 9.31. The second-order valence-electron chi connectivity index (χ2n) is 6.79. The lowest BCUT2D eigenvalue weighted by molar-refractivity contribution is -0.118. The molecule has 0 aliphatic carbocycles. The van der Waals surface area contributed by atoms with Gasteiger partial charge < -0.3 is 15.1 Å². The number of phenolic OH excluding ortho intramolecular Hbond substituents is 1. The molecule has 0 spiro atoms. The summed E-state index contributed by atoms with van der Waals surface area (Å²) in [5.41, 5.74) is 4.96. The van der Waals surface area contributed by atoms with E-state index in [0.29, 0.717) is 15.2 Å². The monoisotopic (exact) mass is 463 g/mol. The summed E-state index contributed by atoms with van der Waals surface area (Å²) in [6, 6.07) is 19.6. The molecule has 0 saturated carbocycles. The Hall–Kier alpha value is -3.45. The summed E-state index contributed by atoms with van der Waals surface area (Å²) in [7, 11) is 0. The van der Waals surface area contributed by atoms with Crippen LogP contribution < -0.4 is 10.9 Å². The van der Waals surface area contributed by atoms with Crippen molar-refractivity contribution in [2.45, 2.75) is 6.54 Å². The van der Waals surface area contributed by atoms with Gasteiger partial charge in [0.25, 0.3) is 0 Å². The third kappa shape index (κ3) is 3.97. The molecule has 4 rings (SSSR count). The van der Waals surface area contributed by atoms with E-state index in [-0.39, 0.29) is 30.1 Å². The number of para-hydroxylation sites is 2. The standard InChI is InChI=1S/C23H18BrN3O3/c24-19-11-15(9-10-22(19)29)12-25-26-13-16(28)14-27-20-7-3-1-5-17(20)23(30)18-6-2-4-8-21(18)27/h1-12,26,29H,13-14H2/b25-12-. The van der Waals surface area contributed by atoms with E-state index in [1.807, 2.05) is 41.0 Å². The summed E-state index contributed by atoms with van der Waals surface area (Å²) in [6.45, 7) is 0.166. The van der Waals surface area contributed by atoms with Gasteiger partial charge in [0.15, 0.2) is 11.2 Å². The van der Waals surface area contributed by atoms with E-state index in [1.54, 1.807) is 36.5 Å². The number of rotatable bonds is 6. The molecule has 0 aliphatic heterocycles. The summed E-state index contributed by atoms with van der Waals surface area (Å²) in [6.07, 6.45) is 1.57. The van der Waals surface area contributed by atoms with E-state index in [1.165, 1.54) is 0 Å². The van der Waals surface area contributed by atoms with E-state index < -0.39 is 0 Å². The molecule has 7 heteroatoms. The first-order chi connectivity index (χ1) is 14.5. The number of aromatic nitrogens is 1. The number of carbonyl (C=O) groups is 1. The predicted molar refractivity (Wildman–Crippen MR) is 122 cm³/mol. The third-order valence-electron chi connectivity index (χ3n) is 4.77. The molecule has 3 aromatic carbocycles. The fourth-order valence-corrected chi connectivity index (χ4v) is 3.73. The Balaban J connectivity index is 1.54. The van der Waals surface area contributed by atoms with E-state index in [4.69, 9.17) is 0 Å². The van der Waals surface area contributed by atoms with Gasteiger partial charge in [-0.2, -0.15) is 5.10 Å². The average molecular weight is 464 g/mol. The van der Waals surface area contributed by atoms with E-state index in [2.05, 4.69) is 26.5 Å². The molecule has 1 aromatic heterocycles. The van der Waals surface area contributed by atoms with Crippen molar-refractivity contribution in [1.82, 2.24) is 9.99 Å². The van der Waals surface area contributed by atoms with Crippen LogP contribution in [0.2, 0.25) is 0 Å². The summed E-state index contributed by atoms with van der Waals surface area (Å²) in [4.78, 5) is 25.4. The van der Waals surface area contributed by atoms with Crippen LogP contribution in [0.15, 0.2) is 81.1 Å². The second-order valence-corrected chi connectivity index (χ2v) is 7.65. The Labute approximate surface area is 180 Å². The van der Waals surface area contributed by atoms with Crippen LogP contribution in [-0.4, -0.2) is 28.2 Å². The number of Topliss-reactive ketones (excluding diaryl/α,β-unsaturated/α-hetero) is 1. The molecule has 6 nitrogen and oxygen atoms in total. The number of benzene rings is 3. The van der Waals surface area contributed by atoms with Gasteiger partial charge in [-0.1, -0.05) is 24.3 Å². The lowest BCUT2D eigenvalue weighted by Gasteiger charge is -2.14. The van der Waals surface area contributed by atoms with Crippen LogP contribution in [0.25, 0.3) is 21.8 Å². The smallest absolute Gasteiger partial charge is 0.197 e. The highest BCUT2D eigenvalue weighted by Crippen LogP contribution is 2.23. The van der Waals surface area contributed by atoms with Crippen LogP contribution in [0.4, 0.5) is 0 Å². The van der Waals surface area contributed by atoms with Crippen LogP contribution in [0.5, 0.6) is 5.75 Å². The number of pyridine rings is 1. The van der Waals surface area contributed by atoms with Gasteiger partial charge in [-0.25, -0.2) is 0 Å². The fourth-order valence-electron chi connectivity index (χ4n) is 3.34. The van der Waals surface area contributed by atoms with Crippen LogP contribution in [0.3, 0.4) is 0 Å². The van der Waals surface area contributed by atoms with Gasteiger partial charge in [0.05, 0.1) is 34.8 Å². The highest BCUT2D eigenvalue weighted by molar-refractivity contribution is 9.10. The van der Waals surface area contributed by atoms with Gasteiger partial charge in [-0.05, 0) is 64.0 Å². The van der Waals surface area contributed by atoms with Crippen LogP contribution in [0.1, 0.15) is 5.56 Å². The SMILES string of the molecule is O=C(CN/N=C\c1ccc(O)c(Br)c1)Cn1c2ccccc2c(=O)c2ccccc21. The van der Waals surface area contributed by atoms with Crippen LogP contribution in [-0.2, 0) is 11.3 Å². The highest BCUT2D eigenvalue weighted by Gasteiger charge is 2.12. The van der Waals surface area contributed by atoms with Crippen molar-refractivity contribution in [1.29, 1.82) is 0 Å². The van der Waals surface area contributed by atoms with E-state index >= 15 is 0 Å². The third-order valence-corrected chi connectivity index (χ3v) is 5.40. The van der Waals surface area contributed by atoms with Gasteiger partial charge in [-0.15, -0.1) is 0 Å². The number of fused-ring (bicyclic) bond motifs is 2. The Kier molecular flexibility index (Phi) is 5.63. The van der Waals surface area contributed by atoms with Crippen molar-refractivity contribution in [2.24, 2.45) is 5.10 Å². The van der Waals surface area contributed by atoms with Gasteiger partial charge in [0, 0.05) is 10.8 Å². The molecule has 0 bridgehead atoms. The number of phenols is 1. The molecule has 1 heterocycles. The lowest BCUT2D eigenvalue weighted by Crippen LogP contribution is -2.24. The topological polar surface area (TPSA) is 83.7 Å². The normalized spacial score (nSPS) is 11.4. The molecule has 0 radical (unpaired) electrons. The number of hydrogen-bond acceptors (Lipinski definition) is 5. The van der Waals surface area contributed by atoms with Crippen LogP contribution in [0, 0.1) is 0 Å². The summed E-state index contributed by atoms with van der Waals surface area (Å²) in [5, 5.41) is 14.8. The number of nitrogens with zero attached hydrogens (tertiary/aromatic N) is 2. The predicted octanol–water partition coefficient (Wildman–Crippen LogP) is 3.82. The number of nitrogens with one attached hydrogen (secondary N) is 1. The minimum Gasteiger partial charge on any atom is -0.507 e. The Morgan fingerprint density at radius 2 is 1.67 bits per heavy atom. The zero-order valence-electron chi connectivity index (χ0n) is 15.9. The molecular formula is C23H18BrN3O3. The molecule has 0 aliphatic rings. The van der Waals surface area contributed by atoms with Crippen LogP contribution >= 0.6 is 15.9 Å². The van der Waals surface area contributed by atoms with Crippen molar-refractivity contribution in [3.05, 3.63) is 87.0 Å². The molecule has 4 aromatic rings. The molecule has 0 atom stereocenters. The molecular weight excluding hydrogens is 446 g/mol. The average Bonchev–Trinajstić information content (AvgIpc) is 2.76. The molecule has 30 heavy (non-hydrogen) atoms. The Morgan fingerprint density at radius 3 is 2.30 bits per heavy atom. The van der Waals surface area contributed by atoms with Gasteiger partial charge >= 0.3 is 0 Å². The minimum absolute atomic E-state index is 0.0346. The van der Waals surface area contributed by atoms with Crippen molar-refractivity contribution < 1.29 is 9.90 Å². The largest absolute Gasteiger partial charge is 0.507 e. The number of hydrogen-bond donors (Lipinski definition) is 2. The summed E-state index contributed by atoms with van der Waals surface area (Å²) in [5.74, 6) is 0.0776. The van der Waals surface area contributed by atoms with E-state index in [9.17, 15) is 14.7 Å². The number of hydrazone groups is 1. The van der Waals surface area contributed by atoms with Gasteiger partial charge in [-0.3, -0.25) is 9.59 Å². The lowest BCUT2D eigenvalue weighted by atomic mass is 10.1. The van der Waals surface area contributed by atoms with Gasteiger partial charge in [0.2, 0.25) is 0 Å². The zero-order chi connectivity index (χ0) is 21.1. The quantitative estimate of drug-likeness (QED) is 0.258. The number of aromatic hydroxyl groups is 1. The summed E-state index contributed by atoms with van der Waals surface area (Å²) >= 11 is 3.25. The molecule has 0 fully saturated rings. The highest BCUT2D eigenvalue weighted by atomic mass is 79.9. The number of carbonyl (C=O) groups excluding carboxylic acids is 1. The van der Waals surface area contributed by atoms with Crippen molar-refractivity contribution in [3.63, 3.8) is 0 Å². The fraction of sp³-hybridized carbons (Fsp3) is 0.0870. The first-order valence-corrected chi connectivity index (χ1v) is 10.1. The number of halogens is 1. The van der Waals surface area contributed by atoms with Crippen molar-refractivity contribution in [3.8, 4) is 5.75 Å². The molecule has 150 valence electrons. The van der Waals surface area contributed by atoms with E-state index in [0.717, 1.165) is 16.6 Å². The maximum atomic E-state index is 12.8. The summed E-state index contributed by atoms with van der Waals surface area (Å²) < 4.78 is 2.44. The number of ketones is 1. The molecule has 0 amide bonds. The minimum atomic E-state index is -0.0713. The Bertz CT molecular complexity index is 1280. The zero-order valence-corrected chi connectivity index (χ0v) is 17.5. The molecule has 0 saturated heterocycles. The Morgan fingerprint density at radius 1 is 1.03 bits per heavy atom. The van der Waals surface area contributed by atoms with Crippen molar-refractivity contribution in [2.75, 3.05) is 6.54 Å².